The molecule has 4 rings (SSSR count). The van der Waals surface area contributed by atoms with Crippen molar-refractivity contribution in [1.82, 2.24) is 4.98 Å². The maximum Gasteiger partial charge on any atom is 0.175 e. The monoisotopic (exact) mass is 555 g/mol. The van der Waals surface area contributed by atoms with Gasteiger partial charge in [0.2, 0.25) is 0 Å². The number of fused-ring (bicyclic) bond motifs is 1. The molecule has 0 amide bonds. The van der Waals surface area contributed by atoms with Crippen LogP contribution in [0.4, 0.5) is 4.39 Å². The molecule has 1 heterocycles. The van der Waals surface area contributed by atoms with Gasteiger partial charge in [0.05, 0.1) is 21.8 Å². The number of rotatable bonds is 8. The molecule has 1 atom stereocenters. The molecular formula is C29H30FNO5S2. The molecule has 6 nitrogen and oxygen atoms in total. The van der Waals surface area contributed by atoms with Crippen LogP contribution in [-0.4, -0.2) is 46.0 Å². The molecule has 0 aliphatic carbocycles. The normalized spacial score (nSPS) is 14.4. The first-order valence-corrected chi connectivity index (χ1v) is 15.7. The van der Waals surface area contributed by atoms with Crippen molar-refractivity contribution in [2.24, 2.45) is 0 Å². The van der Waals surface area contributed by atoms with Crippen molar-refractivity contribution < 1.29 is 26.3 Å². The van der Waals surface area contributed by atoms with Crippen LogP contribution in [0.3, 0.4) is 0 Å². The zero-order chi connectivity index (χ0) is 27.9. The zero-order valence-corrected chi connectivity index (χ0v) is 23.3. The van der Waals surface area contributed by atoms with Crippen molar-refractivity contribution in [2.75, 3.05) is 19.1 Å². The minimum atomic E-state index is -3.44. The van der Waals surface area contributed by atoms with Crippen LogP contribution in [0, 0.1) is 0 Å². The fourth-order valence-electron chi connectivity index (χ4n) is 4.40. The molecule has 1 unspecified atom stereocenters. The highest BCUT2D eigenvalue weighted by Crippen LogP contribution is 2.37. The first-order chi connectivity index (χ1) is 17.7. The molecule has 1 N–H and O–H groups in total. The highest BCUT2D eigenvalue weighted by Gasteiger charge is 2.34. The van der Waals surface area contributed by atoms with Crippen LogP contribution >= 0.6 is 0 Å². The minimum absolute atomic E-state index is 0.0693. The largest absolute Gasteiger partial charge is 0.393 e. The minimum Gasteiger partial charge on any atom is -0.393 e. The van der Waals surface area contributed by atoms with E-state index < -0.39 is 36.7 Å². The highest BCUT2D eigenvalue weighted by molar-refractivity contribution is 7.91. The summed E-state index contributed by atoms with van der Waals surface area (Å²) < 4.78 is 63.6. The average molecular weight is 556 g/mol. The van der Waals surface area contributed by atoms with Gasteiger partial charge < -0.3 is 5.11 Å². The Balaban J connectivity index is 1.79. The summed E-state index contributed by atoms with van der Waals surface area (Å²) in [4.78, 5) is 4.60. The number of aliphatic hydroxyl groups excluding tert-OH is 1. The van der Waals surface area contributed by atoms with E-state index in [0.29, 0.717) is 22.2 Å². The van der Waals surface area contributed by atoms with E-state index in [1.54, 1.807) is 44.3 Å². The number of halogens is 1. The van der Waals surface area contributed by atoms with Gasteiger partial charge in [-0.3, -0.25) is 4.98 Å². The number of pyridine rings is 1. The lowest BCUT2D eigenvalue weighted by atomic mass is 9.88. The Hall–Kier alpha value is -3.14. The van der Waals surface area contributed by atoms with Gasteiger partial charge >= 0.3 is 0 Å². The number of benzene rings is 3. The van der Waals surface area contributed by atoms with E-state index in [1.807, 2.05) is 24.3 Å². The molecule has 3 aromatic carbocycles. The fraction of sp³-hybridized carbons (Fsp3) is 0.276. The number of alkyl halides is 1. The van der Waals surface area contributed by atoms with E-state index in [1.165, 1.54) is 30.5 Å². The summed E-state index contributed by atoms with van der Waals surface area (Å²) in [6, 6.07) is 19.9. The van der Waals surface area contributed by atoms with Crippen LogP contribution in [0.1, 0.15) is 30.5 Å². The third kappa shape index (κ3) is 5.36. The van der Waals surface area contributed by atoms with Crippen molar-refractivity contribution in [1.29, 1.82) is 0 Å². The predicted octanol–water partition coefficient (Wildman–Crippen LogP) is 4.98. The predicted molar refractivity (Wildman–Crippen MR) is 148 cm³/mol. The lowest BCUT2D eigenvalue weighted by Gasteiger charge is -2.25. The summed E-state index contributed by atoms with van der Waals surface area (Å²) in [5.41, 5.74) is 1.36. The van der Waals surface area contributed by atoms with Gasteiger partial charge in [-0.25, -0.2) is 21.2 Å². The smallest absolute Gasteiger partial charge is 0.175 e. The summed E-state index contributed by atoms with van der Waals surface area (Å²) >= 11 is 0. The molecule has 0 bridgehead atoms. The highest BCUT2D eigenvalue weighted by atomic mass is 32.2. The molecule has 0 radical (unpaired) electrons. The van der Waals surface area contributed by atoms with E-state index in [9.17, 15) is 21.9 Å². The Morgan fingerprint density at radius 2 is 1.55 bits per heavy atom. The summed E-state index contributed by atoms with van der Waals surface area (Å²) in [5, 5.41) is 10.8. The Bertz CT molecular complexity index is 1720. The van der Waals surface area contributed by atoms with Crippen molar-refractivity contribution in [3.63, 3.8) is 0 Å². The lowest BCUT2D eigenvalue weighted by Crippen LogP contribution is -2.28. The second-order valence-electron chi connectivity index (χ2n) is 10.2. The molecule has 1 aromatic heterocycles. The van der Waals surface area contributed by atoms with Gasteiger partial charge in [-0.15, -0.1) is 0 Å². The van der Waals surface area contributed by atoms with Crippen LogP contribution < -0.4 is 0 Å². The third-order valence-electron chi connectivity index (χ3n) is 7.10. The molecule has 200 valence electrons. The van der Waals surface area contributed by atoms with E-state index in [2.05, 4.69) is 4.98 Å². The van der Waals surface area contributed by atoms with Gasteiger partial charge in [-0.05, 0) is 66.4 Å². The standard InChI is InChI=1S/C29H30FNO5S2/c1-28(2,38(4,35)36)24-16-22-9-6-14-31-27(22)26(17-24)21-8-5-7-20(15-21)18-29(30,19-32)23-10-12-25(13-11-23)37(3,33)34/h5-17,32H,18-19H2,1-4H3. The fourth-order valence-corrected chi connectivity index (χ4v) is 5.57. The SMILES string of the molecule is CC(C)(c1cc(-c2cccc(CC(F)(CO)c3ccc(S(C)(=O)=O)cc3)c2)c2ncccc2c1)S(C)(=O)=O. The molecule has 0 fully saturated rings. The summed E-state index contributed by atoms with van der Waals surface area (Å²) in [6.07, 6.45) is 3.79. The maximum atomic E-state index is 16.0. The Morgan fingerprint density at radius 1 is 0.868 bits per heavy atom. The van der Waals surface area contributed by atoms with Gasteiger partial charge in [0.1, 0.15) is 0 Å². The van der Waals surface area contributed by atoms with Crippen LogP contribution in [0.25, 0.3) is 22.0 Å². The molecule has 0 saturated carbocycles. The molecule has 0 aliphatic rings. The molecule has 0 saturated heterocycles. The summed E-state index contributed by atoms with van der Waals surface area (Å²) in [6.45, 7) is 2.53. The molecule has 9 heteroatoms. The Kier molecular flexibility index (Phi) is 7.24. The van der Waals surface area contributed by atoms with Crippen molar-refractivity contribution >= 4 is 30.6 Å². The number of aliphatic hydroxyl groups is 1. The van der Waals surface area contributed by atoms with Crippen LogP contribution in [-0.2, 0) is 36.5 Å². The van der Waals surface area contributed by atoms with Crippen LogP contribution in [0.5, 0.6) is 0 Å². The van der Waals surface area contributed by atoms with Crippen molar-refractivity contribution in [3.8, 4) is 11.1 Å². The van der Waals surface area contributed by atoms with E-state index in [0.717, 1.165) is 17.2 Å². The first kappa shape index (κ1) is 27.9. The maximum absolute atomic E-state index is 16.0. The molecule has 0 aliphatic heterocycles. The Morgan fingerprint density at radius 3 is 2.16 bits per heavy atom. The van der Waals surface area contributed by atoms with Crippen LogP contribution in [0.15, 0.2) is 83.9 Å². The Labute approximate surface area is 223 Å². The zero-order valence-electron chi connectivity index (χ0n) is 21.6. The summed E-state index contributed by atoms with van der Waals surface area (Å²) in [5.74, 6) is 0. The summed E-state index contributed by atoms with van der Waals surface area (Å²) in [7, 11) is -6.87. The molecule has 0 spiro atoms. The second kappa shape index (κ2) is 9.87. The van der Waals surface area contributed by atoms with Crippen molar-refractivity contribution in [3.05, 3.63) is 95.7 Å². The number of sulfone groups is 2. The van der Waals surface area contributed by atoms with E-state index in [4.69, 9.17) is 0 Å². The van der Waals surface area contributed by atoms with Gasteiger partial charge in [0, 0.05) is 36.1 Å². The topological polar surface area (TPSA) is 101 Å². The van der Waals surface area contributed by atoms with E-state index >= 15 is 4.39 Å². The van der Waals surface area contributed by atoms with Gasteiger partial charge in [0.25, 0.3) is 0 Å². The van der Waals surface area contributed by atoms with E-state index in [-0.39, 0.29) is 16.9 Å². The molecular weight excluding hydrogens is 525 g/mol. The first-order valence-electron chi connectivity index (χ1n) is 11.9. The van der Waals surface area contributed by atoms with Crippen molar-refractivity contribution in [2.45, 2.75) is 35.6 Å². The number of hydrogen-bond acceptors (Lipinski definition) is 6. The van der Waals surface area contributed by atoms with Gasteiger partial charge in [-0.2, -0.15) is 0 Å². The number of hydrogen-bond donors (Lipinski definition) is 1. The molecule has 38 heavy (non-hydrogen) atoms. The number of nitrogens with zero attached hydrogens (tertiary/aromatic N) is 1. The number of aromatic nitrogens is 1. The second-order valence-corrected chi connectivity index (χ2v) is 14.8. The lowest BCUT2D eigenvalue weighted by molar-refractivity contribution is 0.0688. The molecule has 4 aromatic rings. The third-order valence-corrected chi connectivity index (χ3v) is 10.3. The average Bonchev–Trinajstić information content (AvgIpc) is 2.87. The van der Waals surface area contributed by atoms with Gasteiger partial charge in [0.15, 0.2) is 25.3 Å². The van der Waals surface area contributed by atoms with Crippen LogP contribution in [0.2, 0.25) is 0 Å². The quantitative estimate of drug-likeness (QED) is 0.329. The van der Waals surface area contributed by atoms with Gasteiger partial charge in [-0.1, -0.05) is 42.5 Å².